The zero-order valence-electron chi connectivity index (χ0n) is 21.4. The van der Waals surface area contributed by atoms with E-state index in [4.69, 9.17) is 0 Å². The molecule has 5 atom stereocenters. The molecule has 2 amide bonds. The minimum absolute atomic E-state index is 0.0428. The fourth-order valence-corrected chi connectivity index (χ4v) is 6.79. The van der Waals surface area contributed by atoms with Crippen LogP contribution in [0.4, 0.5) is 5.69 Å². The van der Waals surface area contributed by atoms with E-state index in [2.05, 4.69) is 71.0 Å². The first-order chi connectivity index (χ1) is 18.1. The van der Waals surface area contributed by atoms with Crippen molar-refractivity contribution in [3.63, 3.8) is 0 Å². The van der Waals surface area contributed by atoms with Crippen LogP contribution < -0.4 is 10.6 Å². The minimum atomic E-state index is -0.182. The molecule has 0 aromatic heterocycles. The molecule has 2 N–H and O–H groups in total. The van der Waals surface area contributed by atoms with E-state index >= 15 is 0 Å². The van der Waals surface area contributed by atoms with E-state index in [-0.39, 0.29) is 35.9 Å². The third kappa shape index (κ3) is 4.52. The largest absolute Gasteiger partial charge is 0.378 e. The third-order valence-electron chi connectivity index (χ3n) is 8.59. The molecule has 2 fully saturated rings. The monoisotopic (exact) mass is 493 g/mol. The van der Waals surface area contributed by atoms with Gasteiger partial charge in [0.1, 0.15) is 0 Å². The Labute approximate surface area is 219 Å². The van der Waals surface area contributed by atoms with Crippen LogP contribution in [0.1, 0.15) is 71.2 Å². The van der Waals surface area contributed by atoms with E-state index in [0.717, 1.165) is 44.3 Å². The Morgan fingerprint density at radius 3 is 2.41 bits per heavy atom. The molecule has 190 valence electrons. The summed E-state index contributed by atoms with van der Waals surface area (Å²) in [4.78, 5) is 29.4. The first-order valence-electron chi connectivity index (χ1n) is 13.7. The van der Waals surface area contributed by atoms with Gasteiger partial charge >= 0.3 is 0 Å². The first kappa shape index (κ1) is 23.8. The van der Waals surface area contributed by atoms with Gasteiger partial charge in [-0.15, -0.1) is 0 Å². The van der Waals surface area contributed by atoms with Crippen molar-refractivity contribution in [2.45, 2.75) is 57.2 Å². The number of aryl methyl sites for hydroxylation is 1. The van der Waals surface area contributed by atoms with Crippen molar-refractivity contribution in [3.05, 3.63) is 101 Å². The molecule has 3 unspecified atom stereocenters. The number of nitrogens with zero attached hydrogens (tertiary/aromatic N) is 1. The lowest BCUT2D eigenvalue weighted by Gasteiger charge is -2.42. The second-order valence-corrected chi connectivity index (χ2v) is 10.9. The van der Waals surface area contributed by atoms with Gasteiger partial charge in [0, 0.05) is 29.8 Å². The van der Waals surface area contributed by atoms with Gasteiger partial charge in [-0.1, -0.05) is 79.1 Å². The topological polar surface area (TPSA) is 61.4 Å². The molecule has 0 radical (unpaired) electrons. The molecular weight excluding hydrogens is 458 g/mol. The molecule has 1 aliphatic carbocycles. The zero-order valence-corrected chi connectivity index (χ0v) is 21.4. The van der Waals surface area contributed by atoms with Gasteiger partial charge in [-0.3, -0.25) is 9.59 Å². The van der Waals surface area contributed by atoms with Gasteiger partial charge in [0.15, 0.2) is 0 Å². The van der Waals surface area contributed by atoms with Crippen molar-refractivity contribution in [1.82, 2.24) is 10.2 Å². The molecule has 0 spiro atoms. The fraction of sp³-hybridized carbons (Fsp3) is 0.375. The number of rotatable bonds is 4. The van der Waals surface area contributed by atoms with Gasteiger partial charge < -0.3 is 15.5 Å². The summed E-state index contributed by atoms with van der Waals surface area (Å²) >= 11 is 0. The summed E-state index contributed by atoms with van der Waals surface area (Å²) in [5.41, 5.74) is 5.47. The van der Waals surface area contributed by atoms with Gasteiger partial charge in [0.25, 0.3) is 5.91 Å². The highest BCUT2D eigenvalue weighted by Crippen LogP contribution is 2.52. The molecule has 1 saturated heterocycles. The second-order valence-electron chi connectivity index (χ2n) is 10.9. The molecule has 2 heterocycles. The highest BCUT2D eigenvalue weighted by Gasteiger charge is 2.48. The van der Waals surface area contributed by atoms with Crippen molar-refractivity contribution in [3.8, 4) is 0 Å². The molecule has 3 aromatic rings. The highest BCUT2D eigenvalue weighted by atomic mass is 16.2. The van der Waals surface area contributed by atoms with Crippen molar-refractivity contribution >= 4 is 17.5 Å². The van der Waals surface area contributed by atoms with E-state index in [1.807, 2.05) is 30.3 Å². The van der Waals surface area contributed by atoms with Gasteiger partial charge in [-0.05, 0) is 55.5 Å². The van der Waals surface area contributed by atoms with Gasteiger partial charge in [0.2, 0.25) is 5.91 Å². The maximum atomic E-state index is 14.3. The Kier molecular flexibility index (Phi) is 6.45. The SMILES string of the molecule is Cc1ccc2c(c1)C1C(CCN1C(=O)[C@H]1CCCC[C@H]1NC(=O)c1ccccc1)C(c1ccccc1)N2. The molecule has 5 nitrogen and oxygen atoms in total. The maximum Gasteiger partial charge on any atom is 0.251 e. The van der Waals surface area contributed by atoms with Crippen LogP contribution in [0.2, 0.25) is 0 Å². The summed E-state index contributed by atoms with van der Waals surface area (Å²) in [5.74, 6) is 0.239. The maximum absolute atomic E-state index is 14.3. The van der Waals surface area contributed by atoms with Crippen LogP contribution in [0, 0.1) is 18.8 Å². The minimum Gasteiger partial charge on any atom is -0.378 e. The molecule has 37 heavy (non-hydrogen) atoms. The van der Waals surface area contributed by atoms with Crippen LogP contribution >= 0.6 is 0 Å². The van der Waals surface area contributed by atoms with Gasteiger partial charge in [-0.2, -0.15) is 0 Å². The number of carbonyl (C=O) groups excluding carboxylic acids is 2. The third-order valence-corrected chi connectivity index (χ3v) is 8.59. The molecule has 0 bridgehead atoms. The molecule has 6 rings (SSSR count). The summed E-state index contributed by atoms with van der Waals surface area (Å²) in [7, 11) is 0. The van der Waals surface area contributed by atoms with E-state index in [1.165, 1.54) is 16.7 Å². The van der Waals surface area contributed by atoms with Crippen LogP contribution in [0.5, 0.6) is 0 Å². The van der Waals surface area contributed by atoms with Crippen LogP contribution in [-0.2, 0) is 4.79 Å². The van der Waals surface area contributed by atoms with Crippen LogP contribution in [-0.4, -0.2) is 29.3 Å². The average molecular weight is 494 g/mol. The van der Waals surface area contributed by atoms with Gasteiger partial charge in [-0.25, -0.2) is 0 Å². The normalized spacial score (nSPS) is 26.5. The number of carbonyl (C=O) groups is 2. The summed E-state index contributed by atoms with van der Waals surface area (Å²) in [6, 6.07) is 26.6. The predicted octanol–water partition coefficient (Wildman–Crippen LogP) is 6.04. The number of hydrogen-bond donors (Lipinski definition) is 2. The van der Waals surface area contributed by atoms with Crippen molar-refractivity contribution in [1.29, 1.82) is 0 Å². The molecular formula is C32H35N3O2. The number of nitrogens with one attached hydrogen (secondary N) is 2. The number of hydrogen-bond acceptors (Lipinski definition) is 3. The second kappa shape index (κ2) is 10.0. The zero-order chi connectivity index (χ0) is 25.4. The van der Waals surface area contributed by atoms with E-state index < -0.39 is 0 Å². The van der Waals surface area contributed by atoms with E-state index in [1.54, 1.807) is 0 Å². The van der Waals surface area contributed by atoms with Crippen molar-refractivity contribution in [2.75, 3.05) is 11.9 Å². The fourth-order valence-electron chi connectivity index (χ4n) is 6.79. The smallest absolute Gasteiger partial charge is 0.251 e. The first-order valence-corrected chi connectivity index (χ1v) is 13.7. The van der Waals surface area contributed by atoms with Crippen molar-refractivity contribution < 1.29 is 9.59 Å². The summed E-state index contributed by atoms with van der Waals surface area (Å²) in [5, 5.41) is 7.03. The number of anilines is 1. The number of amides is 2. The molecule has 1 saturated carbocycles. The van der Waals surface area contributed by atoms with Crippen LogP contribution in [0.3, 0.4) is 0 Å². The van der Waals surface area contributed by atoms with Crippen LogP contribution in [0.15, 0.2) is 78.9 Å². The number of benzene rings is 3. The van der Waals surface area contributed by atoms with Crippen LogP contribution in [0.25, 0.3) is 0 Å². The van der Waals surface area contributed by atoms with E-state index in [9.17, 15) is 9.59 Å². The molecule has 2 aliphatic heterocycles. The lowest BCUT2D eigenvalue weighted by Crippen LogP contribution is -2.50. The molecule has 3 aromatic carbocycles. The number of fused-ring (bicyclic) bond motifs is 3. The van der Waals surface area contributed by atoms with Gasteiger partial charge in [0.05, 0.1) is 18.0 Å². The number of likely N-dealkylation sites (tertiary alicyclic amines) is 1. The average Bonchev–Trinajstić information content (AvgIpc) is 3.39. The molecule has 3 aliphatic rings. The lowest BCUT2D eigenvalue weighted by atomic mass is 9.79. The summed E-state index contributed by atoms with van der Waals surface area (Å²) in [6.45, 7) is 2.87. The predicted molar refractivity (Wildman–Crippen MR) is 146 cm³/mol. The quantitative estimate of drug-likeness (QED) is 0.466. The van der Waals surface area contributed by atoms with Crippen molar-refractivity contribution in [2.24, 2.45) is 11.8 Å². The Morgan fingerprint density at radius 1 is 0.892 bits per heavy atom. The Bertz CT molecular complexity index is 1280. The standard InChI is InChI=1S/C32H35N3O2/c1-21-16-17-28-26(20-21)30-25(29(33-28)22-10-4-2-5-11-22)18-19-35(30)32(37)24-14-8-9-15-27(24)34-31(36)23-12-6-3-7-13-23/h2-7,10-13,16-17,20,24-25,27,29-30,33H,8-9,14-15,18-19H2,1H3,(H,34,36)/t24-,25?,27+,29?,30?/m0/s1. The summed E-state index contributed by atoms with van der Waals surface area (Å²) < 4.78 is 0. The summed E-state index contributed by atoms with van der Waals surface area (Å²) in [6.07, 6.45) is 4.70. The highest BCUT2D eigenvalue weighted by molar-refractivity contribution is 5.95. The Balaban J connectivity index is 1.30. The molecule has 5 heteroatoms. The van der Waals surface area contributed by atoms with E-state index in [0.29, 0.717) is 11.5 Å². The Morgan fingerprint density at radius 2 is 1.62 bits per heavy atom. The lowest BCUT2D eigenvalue weighted by molar-refractivity contribution is -0.138. The Hall–Kier alpha value is -3.60.